The molecule has 0 amide bonds. The van der Waals surface area contributed by atoms with Gasteiger partial charge < -0.3 is 9.47 Å². The molecular formula is C17H11F2N3O2S. The van der Waals surface area contributed by atoms with Crippen molar-refractivity contribution in [3.05, 3.63) is 59.0 Å². The Kier molecular flexibility index (Phi) is 4.02. The molecule has 25 heavy (non-hydrogen) atoms. The summed E-state index contributed by atoms with van der Waals surface area (Å²) in [6.07, 6.45) is 1.61. The average Bonchev–Trinajstić information content (AvgIpc) is 3.23. The SMILES string of the molecule is Fc1ccc(-c2csc(N/N=C\c3ccc4c(c3)OCO4)n2)c(F)c1. The van der Waals surface area contributed by atoms with Gasteiger partial charge >= 0.3 is 0 Å². The average molecular weight is 359 g/mol. The highest BCUT2D eigenvalue weighted by atomic mass is 32.1. The van der Waals surface area contributed by atoms with Crippen LogP contribution in [0.5, 0.6) is 11.5 Å². The van der Waals surface area contributed by atoms with Crippen LogP contribution >= 0.6 is 11.3 Å². The highest BCUT2D eigenvalue weighted by molar-refractivity contribution is 7.14. The van der Waals surface area contributed by atoms with Crippen molar-refractivity contribution in [2.45, 2.75) is 0 Å². The minimum absolute atomic E-state index is 0.218. The zero-order valence-electron chi connectivity index (χ0n) is 12.7. The fourth-order valence-electron chi connectivity index (χ4n) is 2.30. The van der Waals surface area contributed by atoms with Gasteiger partial charge in [-0.2, -0.15) is 5.10 Å². The van der Waals surface area contributed by atoms with Gasteiger partial charge in [0.25, 0.3) is 0 Å². The number of benzene rings is 2. The molecule has 126 valence electrons. The van der Waals surface area contributed by atoms with Crippen molar-refractivity contribution in [2.75, 3.05) is 12.2 Å². The quantitative estimate of drug-likeness (QED) is 0.559. The third-order valence-electron chi connectivity index (χ3n) is 3.48. The molecule has 0 bridgehead atoms. The molecule has 1 aliphatic rings. The fraction of sp³-hybridized carbons (Fsp3) is 0.0588. The maximum atomic E-state index is 13.8. The molecule has 2 heterocycles. The highest BCUT2D eigenvalue weighted by Gasteiger charge is 2.12. The molecule has 3 aromatic rings. The molecule has 0 radical (unpaired) electrons. The van der Waals surface area contributed by atoms with Gasteiger partial charge in [-0.15, -0.1) is 11.3 Å². The van der Waals surface area contributed by atoms with Gasteiger partial charge in [0.15, 0.2) is 11.5 Å². The molecule has 4 rings (SSSR count). The van der Waals surface area contributed by atoms with Crippen molar-refractivity contribution in [1.29, 1.82) is 0 Å². The molecule has 0 unspecified atom stereocenters. The zero-order valence-corrected chi connectivity index (χ0v) is 13.5. The molecule has 5 nitrogen and oxygen atoms in total. The van der Waals surface area contributed by atoms with Gasteiger partial charge in [0.1, 0.15) is 11.6 Å². The molecule has 2 aromatic carbocycles. The van der Waals surface area contributed by atoms with E-state index in [0.29, 0.717) is 22.3 Å². The molecule has 1 N–H and O–H groups in total. The predicted molar refractivity (Wildman–Crippen MR) is 91.2 cm³/mol. The second-order valence-corrected chi connectivity index (χ2v) is 6.00. The normalized spacial score (nSPS) is 12.7. The smallest absolute Gasteiger partial charge is 0.231 e. The van der Waals surface area contributed by atoms with Crippen molar-refractivity contribution in [3.8, 4) is 22.8 Å². The van der Waals surface area contributed by atoms with Crippen LogP contribution in [0.4, 0.5) is 13.9 Å². The highest BCUT2D eigenvalue weighted by Crippen LogP contribution is 2.32. The van der Waals surface area contributed by atoms with Crippen LogP contribution in [0.3, 0.4) is 0 Å². The Bertz CT molecular complexity index is 959. The van der Waals surface area contributed by atoms with Crippen molar-refractivity contribution < 1.29 is 18.3 Å². The lowest BCUT2D eigenvalue weighted by Gasteiger charge is -1.99. The number of ether oxygens (including phenoxy) is 2. The number of nitrogens with one attached hydrogen (secondary N) is 1. The topological polar surface area (TPSA) is 55.7 Å². The van der Waals surface area contributed by atoms with Crippen LogP contribution in [-0.4, -0.2) is 18.0 Å². The van der Waals surface area contributed by atoms with Gasteiger partial charge in [0.2, 0.25) is 11.9 Å². The number of thiazole rings is 1. The van der Waals surface area contributed by atoms with Gasteiger partial charge in [-0.3, -0.25) is 5.43 Å². The van der Waals surface area contributed by atoms with Crippen LogP contribution in [0.2, 0.25) is 0 Å². The Labute approximate surface area is 145 Å². The Balaban J connectivity index is 1.46. The summed E-state index contributed by atoms with van der Waals surface area (Å²) < 4.78 is 37.3. The van der Waals surface area contributed by atoms with Crippen LogP contribution in [0.1, 0.15) is 5.56 Å². The summed E-state index contributed by atoms with van der Waals surface area (Å²) in [7, 11) is 0. The van der Waals surface area contributed by atoms with E-state index in [1.165, 1.54) is 23.5 Å². The van der Waals surface area contributed by atoms with Gasteiger partial charge in [0.05, 0.1) is 11.9 Å². The molecule has 0 atom stereocenters. The van der Waals surface area contributed by atoms with Gasteiger partial charge in [-0.05, 0) is 35.9 Å². The van der Waals surface area contributed by atoms with E-state index in [1.807, 2.05) is 18.2 Å². The van der Waals surface area contributed by atoms with Crippen LogP contribution < -0.4 is 14.9 Å². The first-order chi connectivity index (χ1) is 12.2. The molecule has 8 heteroatoms. The Morgan fingerprint density at radius 1 is 1.12 bits per heavy atom. The van der Waals surface area contributed by atoms with Crippen molar-refractivity contribution in [3.63, 3.8) is 0 Å². The van der Waals surface area contributed by atoms with E-state index in [1.54, 1.807) is 11.6 Å². The van der Waals surface area contributed by atoms with Crippen molar-refractivity contribution in [1.82, 2.24) is 4.98 Å². The number of halogens is 2. The largest absolute Gasteiger partial charge is 0.454 e. The second kappa shape index (κ2) is 6.48. The first-order valence-electron chi connectivity index (χ1n) is 7.29. The zero-order chi connectivity index (χ0) is 17.2. The van der Waals surface area contributed by atoms with Gasteiger partial charge in [0, 0.05) is 17.0 Å². The summed E-state index contributed by atoms with van der Waals surface area (Å²) in [4.78, 5) is 4.25. The molecule has 0 saturated carbocycles. The minimum Gasteiger partial charge on any atom is -0.454 e. The molecule has 0 fully saturated rings. The Morgan fingerprint density at radius 2 is 2.00 bits per heavy atom. The summed E-state index contributed by atoms with van der Waals surface area (Å²) in [5.74, 6) is 0.104. The van der Waals surface area contributed by atoms with E-state index in [9.17, 15) is 8.78 Å². The van der Waals surface area contributed by atoms with Crippen LogP contribution in [0.25, 0.3) is 11.3 Å². The number of nitrogens with zero attached hydrogens (tertiary/aromatic N) is 2. The van der Waals surface area contributed by atoms with Gasteiger partial charge in [-0.1, -0.05) is 0 Å². The number of anilines is 1. The first-order valence-corrected chi connectivity index (χ1v) is 8.17. The second-order valence-electron chi connectivity index (χ2n) is 5.14. The van der Waals surface area contributed by atoms with Crippen molar-refractivity contribution in [2.24, 2.45) is 5.10 Å². The first kappa shape index (κ1) is 15.5. The lowest BCUT2D eigenvalue weighted by atomic mass is 10.1. The molecular weight excluding hydrogens is 348 g/mol. The van der Waals surface area contributed by atoms with Crippen LogP contribution in [-0.2, 0) is 0 Å². The molecule has 0 spiro atoms. The molecule has 0 saturated heterocycles. The van der Waals surface area contributed by atoms with E-state index >= 15 is 0 Å². The lowest BCUT2D eigenvalue weighted by molar-refractivity contribution is 0.174. The van der Waals surface area contributed by atoms with Crippen LogP contribution in [0.15, 0.2) is 46.9 Å². The van der Waals surface area contributed by atoms with E-state index in [4.69, 9.17) is 9.47 Å². The van der Waals surface area contributed by atoms with E-state index in [2.05, 4.69) is 15.5 Å². The predicted octanol–water partition coefficient (Wildman–Crippen LogP) is 4.26. The Morgan fingerprint density at radius 3 is 2.88 bits per heavy atom. The van der Waals surface area contributed by atoms with E-state index in [0.717, 1.165) is 11.6 Å². The number of hydrogen-bond acceptors (Lipinski definition) is 6. The minimum atomic E-state index is -0.652. The third kappa shape index (κ3) is 3.29. The number of aromatic nitrogens is 1. The van der Waals surface area contributed by atoms with Crippen LogP contribution in [0, 0.1) is 11.6 Å². The summed E-state index contributed by atoms with van der Waals surface area (Å²) in [6, 6.07) is 8.86. The lowest BCUT2D eigenvalue weighted by Crippen LogP contribution is -1.93. The third-order valence-corrected chi connectivity index (χ3v) is 4.23. The number of hydrogen-bond donors (Lipinski definition) is 1. The number of rotatable bonds is 4. The van der Waals surface area contributed by atoms with E-state index in [-0.39, 0.29) is 12.4 Å². The van der Waals surface area contributed by atoms with Crippen molar-refractivity contribution >= 4 is 22.7 Å². The summed E-state index contributed by atoms with van der Waals surface area (Å²) in [6.45, 7) is 0.218. The standard InChI is InChI=1S/C17H11F2N3O2S/c18-11-2-3-12(13(19)6-11)14-8-25-17(21-14)22-20-7-10-1-4-15-16(5-10)24-9-23-15/h1-8H,9H2,(H,21,22)/b20-7-. The summed E-state index contributed by atoms with van der Waals surface area (Å²) in [5.41, 5.74) is 4.28. The van der Waals surface area contributed by atoms with E-state index < -0.39 is 11.6 Å². The number of hydrazone groups is 1. The Hall–Kier alpha value is -3.00. The molecule has 0 aliphatic carbocycles. The summed E-state index contributed by atoms with van der Waals surface area (Å²) >= 11 is 1.27. The fourth-order valence-corrected chi connectivity index (χ4v) is 2.96. The maximum absolute atomic E-state index is 13.8. The summed E-state index contributed by atoms with van der Waals surface area (Å²) in [5, 5.41) is 6.28. The monoisotopic (exact) mass is 359 g/mol. The molecule has 1 aliphatic heterocycles. The number of fused-ring (bicyclic) bond motifs is 1. The van der Waals surface area contributed by atoms with Gasteiger partial charge in [-0.25, -0.2) is 13.8 Å². The maximum Gasteiger partial charge on any atom is 0.231 e. The molecule has 1 aromatic heterocycles.